The summed E-state index contributed by atoms with van der Waals surface area (Å²) in [5.41, 5.74) is -1.55. The summed E-state index contributed by atoms with van der Waals surface area (Å²) in [5.74, 6) is 0. The predicted octanol–water partition coefficient (Wildman–Crippen LogP) is 4.04. The SMILES string of the molecule is CCC(C)(CO)Nc1cc(Br)ccc1C(F)(F)F. The number of hydrogen-bond donors (Lipinski definition) is 2. The molecule has 0 saturated carbocycles. The summed E-state index contributed by atoms with van der Waals surface area (Å²) in [6, 6.07) is 3.72. The number of nitrogens with one attached hydrogen (secondary N) is 1. The van der Waals surface area contributed by atoms with E-state index in [0.29, 0.717) is 10.9 Å². The average molecular weight is 326 g/mol. The van der Waals surface area contributed by atoms with Crippen LogP contribution in [0.1, 0.15) is 25.8 Å². The number of anilines is 1. The molecule has 0 fully saturated rings. The lowest BCUT2D eigenvalue weighted by Gasteiger charge is -2.30. The van der Waals surface area contributed by atoms with Crippen LogP contribution in [0.4, 0.5) is 18.9 Å². The van der Waals surface area contributed by atoms with Crippen LogP contribution < -0.4 is 5.32 Å². The van der Waals surface area contributed by atoms with Crippen molar-refractivity contribution >= 4 is 21.6 Å². The van der Waals surface area contributed by atoms with Crippen LogP contribution in [-0.2, 0) is 6.18 Å². The second-order valence-electron chi connectivity index (χ2n) is 4.38. The first-order valence-corrected chi connectivity index (χ1v) is 6.27. The van der Waals surface area contributed by atoms with Gasteiger partial charge in [-0.2, -0.15) is 13.2 Å². The molecule has 1 rings (SSSR count). The summed E-state index contributed by atoms with van der Waals surface area (Å²) < 4.78 is 39.1. The molecule has 2 nitrogen and oxygen atoms in total. The van der Waals surface area contributed by atoms with Gasteiger partial charge in [0, 0.05) is 10.2 Å². The van der Waals surface area contributed by atoms with E-state index in [0.717, 1.165) is 6.07 Å². The van der Waals surface area contributed by atoms with E-state index in [1.165, 1.54) is 12.1 Å². The van der Waals surface area contributed by atoms with Crippen molar-refractivity contribution in [2.45, 2.75) is 32.0 Å². The highest BCUT2D eigenvalue weighted by Gasteiger charge is 2.35. The maximum absolute atomic E-state index is 12.8. The normalized spacial score (nSPS) is 15.3. The third-order valence-electron chi connectivity index (χ3n) is 2.85. The van der Waals surface area contributed by atoms with Crippen LogP contribution in [-0.4, -0.2) is 17.3 Å². The number of aliphatic hydroxyl groups is 1. The molecule has 0 amide bonds. The molecule has 0 aliphatic carbocycles. The quantitative estimate of drug-likeness (QED) is 0.875. The van der Waals surface area contributed by atoms with E-state index in [4.69, 9.17) is 0 Å². The molecule has 1 aromatic carbocycles. The van der Waals surface area contributed by atoms with E-state index >= 15 is 0 Å². The summed E-state index contributed by atoms with van der Waals surface area (Å²) in [7, 11) is 0. The first-order valence-electron chi connectivity index (χ1n) is 5.47. The minimum Gasteiger partial charge on any atom is -0.394 e. The third kappa shape index (κ3) is 3.62. The Morgan fingerprint density at radius 3 is 2.39 bits per heavy atom. The van der Waals surface area contributed by atoms with Gasteiger partial charge in [0.2, 0.25) is 0 Å². The lowest BCUT2D eigenvalue weighted by Crippen LogP contribution is -2.38. The predicted molar refractivity (Wildman–Crippen MR) is 68.5 cm³/mol. The van der Waals surface area contributed by atoms with Crippen molar-refractivity contribution in [1.29, 1.82) is 0 Å². The molecule has 0 aliphatic heterocycles. The molecule has 0 radical (unpaired) electrons. The van der Waals surface area contributed by atoms with Crippen molar-refractivity contribution in [3.63, 3.8) is 0 Å². The van der Waals surface area contributed by atoms with Crippen LogP contribution in [0.3, 0.4) is 0 Å². The fraction of sp³-hybridized carbons (Fsp3) is 0.500. The monoisotopic (exact) mass is 325 g/mol. The molecule has 0 saturated heterocycles. The third-order valence-corrected chi connectivity index (χ3v) is 3.35. The van der Waals surface area contributed by atoms with Crippen LogP contribution in [0.5, 0.6) is 0 Å². The van der Waals surface area contributed by atoms with Crippen LogP contribution in [0.2, 0.25) is 0 Å². The maximum Gasteiger partial charge on any atom is 0.418 e. The van der Waals surface area contributed by atoms with Crippen LogP contribution in [0.15, 0.2) is 22.7 Å². The molecule has 2 N–H and O–H groups in total. The van der Waals surface area contributed by atoms with Gasteiger partial charge in [0.1, 0.15) is 0 Å². The number of halogens is 4. The lowest BCUT2D eigenvalue weighted by atomic mass is 9.99. The first-order chi connectivity index (χ1) is 8.22. The van der Waals surface area contributed by atoms with E-state index in [1.807, 2.05) is 0 Å². The number of aliphatic hydroxyl groups excluding tert-OH is 1. The number of rotatable bonds is 4. The van der Waals surface area contributed by atoms with Crippen LogP contribution >= 0.6 is 15.9 Å². The highest BCUT2D eigenvalue weighted by molar-refractivity contribution is 9.10. The molecule has 0 heterocycles. The molecule has 1 unspecified atom stereocenters. The van der Waals surface area contributed by atoms with Crippen LogP contribution in [0, 0.1) is 0 Å². The van der Waals surface area contributed by atoms with Crippen molar-refractivity contribution in [3.05, 3.63) is 28.2 Å². The lowest BCUT2D eigenvalue weighted by molar-refractivity contribution is -0.137. The van der Waals surface area contributed by atoms with Crippen LogP contribution in [0.25, 0.3) is 0 Å². The zero-order valence-corrected chi connectivity index (χ0v) is 11.7. The molecular weight excluding hydrogens is 311 g/mol. The molecule has 102 valence electrons. The van der Waals surface area contributed by atoms with Gasteiger partial charge < -0.3 is 10.4 Å². The molecule has 0 bridgehead atoms. The maximum atomic E-state index is 12.8. The Bertz CT molecular complexity index is 416. The molecule has 18 heavy (non-hydrogen) atoms. The Morgan fingerprint density at radius 1 is 1.33 bits per heavy atom. The fourth-order valence-corrected chi connectivity index (χ4v) is 1.79. The van der Waals surface area contributed by atoms with Crippen molar-refractivity contribution < 1.29 is 18.3 Å². The van der Waals surface area contributed by atoms with Gasteiger partial charge in [-0.3, -0.25) is 0 Å². The number of alkyl halides is 3. The molecule has 1 aromatic rings. The Balaban J connectivity index is 3.18. The topological polar surface area (TPSA) is 32.3 Å². The van der Waals surface area contributed by atoms with Gasteiger partial charge in [-0.25, -0.2) is 0 Å². The molecule has 0 aromatic heterocycles. The smallest absolute Gasteiger partial charge is 0.394 e. The van der Waals surface area contributed by atoms with Crippen molar-refractivity contribution in [3.8, 4) is 0 Å². The van der Waals surface area contributed by atoms with Gasteiger partial charge in [-0.15, -0.1) is 0 Å². The molecular formula is C12H15BrF3NO. The highest BCUT2D eigenvalue weighted by Crippen LogP contribution is 2.37. The summed E-state index contributed by atoms with van der Waals surface area (Å²) in [6.07, 6.45) is -3.92. The molecule has 0 spiro atoms. The van der Waals surface area contributed by atoms with Gasteiger partial charge in [0.25, 0.3) is 0 Å². The minimum atomic E-state index is -4.42. The van der Waals surface area contributed by atoms with E-state index in [9.17, 15) is 18.3 Å². The average Bonchev–Trinajstić information content (AvgIpc) is 2.27. The minimum absolute atomic E-state index is 0.0322. The number of benzene rings is 1. The van der Waals surface area contributed by atoms with Crippen molar-refractivity contribution in [2.24, 2.45) is 0 Å². The van der Waals surface area contributed by atoms with E-state index in [2.05, 4.69) is 21.2 Å². The Morgan fingerprint density at radius 2 is 1.94 bits per heavy atom. The van der Waals surface area contributed by atoms with E-state index < -0.39 is 17.3 Å². The second kappa shape index (κ2) is 5.48. The summed E-state index contributed by atoms with van der Waals surface area (Å²) in [5, 5.41) is 12.0. The Hall–Kier alpha value is -0.750. The highest BCUT2D eigenvalue weighted by atomic mass is 79.9. The van der Waals surface area contributed by atoms with Crippen molar-refractivity contribution in [1.82, 2.24) is 0 Å². The van der Waals surface area contributed by atoms with Gasteiger partial charge in [-0.1, -0.05) is 22.9 Å². The van der Waals surface area contributed by atoms with Gasteiger partial charge in [0.15, 0.2) is 0 Å². The molecule has 6 heteroatoms. The zero-order valence-electron chi connectivity index (χ0n) is 10.1. The molecule has 0 aliphatic rings. The summed E-state index contributed by atoms with van der Waals surface area (Å²) >= 11 is 3.14. The number of hydrogen-bond acceptors (Lipinski definition) is 2. The second-order valence-corrected chi connectivity index (χ2v) is 5.30. The van der Waals surface area contributed by atoms with E-state index in [-0.39, 0.29) is 12.3 Å². The fourth-order valence-electron chi connectivity index (χ4n) is 1.43. The standard InChI is InChI=1S/C12H15BrF3NO/c1-3-11(2,7-18)17-10-6-8(13)4-5-9(10)12(14,15)16/h4-6,17-18H,3,7H2,1-2H3. The zero-order chi connectivity index (χ0) is 14.0. The largest absolute Gasteiger partial charge is 0.418 e. The Kier molecular flexibility index (Phi) is 4.66. The van der Waals surface area contributed by atoms with E-state index in [1.54, 1.807) is 13.8 Å². The van der Waals surface area contributed by atoms with Crippen molar-refractivity contribution in [2.75, 3.05) is 11.9 Å². The molecule has 1 atom stereocenters. The first kappa shape index (κ1) is 15.3. The Labute approximate surface area is 112 Å². The van der Waals surface area contributed by atoms with Gasteiger partial charge in [0.05, 0.1) is 17.7 Å². The van der Waals surface area contributed by atoms with Gasteiger partial charge in [-0.05, 0) is 31.5 Å². The summed E-state index contributed by atoms with van der Waals surface area (Å²) in [4.78, 5) is 0. The van der Waals surface area contributed by atoms with Gasteiger partial charge >= 0.3 is 6.18 Å². The summed E-state index contributed by atoms with van der Waals surface area (Å²) in [6.45, 7) is 3.23.